The van der Waals surface area contributed by atoms with Gasteiger partial charge in [0, 0.05) is 28.9 Å². The molecule has 1 amide bonds. The number of benzene rings is 2. The third-order valence-electron chi connectivity index (χ3n) is 3.77. The van der Waals surface area contributed by atoms with E-state index in [4.69, 9.17) is 10.5 Å². The molecule has 0 aliphatic heterocycles. The molecular formula is C19H17N3O3. The van der Waals surface area contributed by atoms with Crippen molar-refractivity contribution in [2.24, 2.45) is 10.7 Å². The van der Waals surface area contributed by atoms with Crippen LogP contribution in [-0.4, -0.2) is 29.8 Å². The van der Waals surface area contributed by atoms with Gasteiger partial charge in [0.15, 0.2) is 0 Å². The normalized spacial score (nSPS) is 11.1. The molecule has 25 heavy (non-hydrogen) atoms. The molecule has 2 aromatic carbocycles. The number of nitrogens with two attached hydrogens (primary N) is 1. The van der Waals surface area contributed by atoms with Crippen molar-refractivity contribution in [2.75, 3.05) is 7.11 Å². The van der Waals surface area contributed by atoms with E-state index in [1.54, 1.807) is 35.0 Å². The Kier molecular flexibility index (Phi) is 4.61. The number of hydrogen-bond acceptors (Lipinski definition) is 4. The van der Waals surface area contributed by atoms with E-state index in [2.05, 4.69) is 4.99 Å². The Bertz CT molecular complexity index is 973. The molecule has 0 spiro atoms. The molecule has 0 radical (unpaired) electrons. The van der Waals surface area contributed by atoms with Crippen molar-refractivity contribution in [3.8, 4) is 0 Å². The van der Waals surface area contributed by atoms with Gasteiger partial charge in [0.2, 0.25) is 5.91 Å². The third-order valence-corrected chi connectivity index (χ3v) is 3.77. The molecule has 6 heteroatoms. The van der Waals surface area contributed by atoms with Gasteiger partial charge in [0.05, 0.1) is 18.4 Å². The molecule has 2 N–H and O–H groups in total. The van der Waals surface area contributed by atoms with Gasteiger partial charge in [0.25, 0.3) is 0 Å². The van der Waals surface area contributed by atoms with E-state index in [1.165, 1.54) is 7.11 Å². The lowest BCUT2D eigenvalue weighted by Gasteiger charge is -2.00. The van der Waals surface area contributed by atoms with Gasteiger partial charge in [-0.3, -0.25) is 9.79 Å². The van der Waals surface area contributed by atoms with Gasteiger partial charge >= 0.3 is 5.97 Å². The van der Waals surface area contributed by atoms with Crippen LogP contribution in [0, 0.1) is 0 Å². The number of rotatable bonds is 5. The van der Waals surface area contributed by atoms with E-state index >= 15 is 0 Å². The highest BCUT2D eigenvalue weighted by Gasteiger charge is 2.08. The molecule has 1 aromatic heterocycles. The van der Waals surface area contributed by atoms with E-state index in [1.807, 2.05) is 30.5 Å². The van der Waals surface area contributed by atoms with Crippen molar-refractivity contribution in [1.29, 1.82) is 0 Å². The van der Waals surface area contributed by atoms with Crippen molar-refractivity contribution in [2.45, 2.75) is 6.54 Å². The van der Waals surface area contributed by atoms with Crippen molar-refractivity contribution in [1.82, 2.24) is 4.57 Å². The Morgan fingerprint density at radius 2 is 2.00 bits per heavy atom. The maximum atomic E-state index is 11.6. The Labute approximate surface area is 144 Å². The molecular weight excluding hydrogens is 318 g/mol. The number of amides is 1. The smallest absolute Gasteiger partial charge is 0.337 e. The van der Waals surface area contributed by atoms with E-state index in [0.717, 1.165) is 16.5 Å². The SMILES string of the molecule is COC(=O)c1cccc(N=Cc2cn(CC(N)=O)c3ccccc23)c1. The summed E-state index contributed by atoms with van der Waals surface area (Å²) in [5.41, 5.74) is 8.15. The predicted octanol–water partition coefficient (Wildman–Crippen LogP) is 2.66. The van der Waals surface area contributed by atoms with Gasteiger partial charge in [0.1, 0.15) is 6.54 Å². The summed E-state index contributed by atoms with van der Waals surface area (Å²) in [6.45, 7) is 0.103. The maximum absolute atomic E-state index is 11.6. The number of methoxy groups -OCH3 is 1. The van der Waals surface area contributed by atoms with E-state index in [0.29, 0.717) is 11.3 Å². The summed E-state index contributed by atoms with van der Waals surface area (Å²) in [6, 6.07) is 14.6. The zero-order valence-corrected chi connectivity index (χ0v) is 13.7. The number of carbonyl (C=O) groups is 2. The van der Waals surface area contributed by atoms with Gasteiger partial charge in [-0.25, -0.2) is 4.79 Å². The zero-order valence-electron chi connectivity index (χ0n) is 13.7. The summed E-state index contributed by atoms with van der Waals surface area (Å²) in [6.07, 6.45) is 3.54. The van der Waals surface area contributed by atoms with Crippen molar-refractivity contribution in [3.63, 3.8) is 0 Å². The second-order valence-electron chi connectivity index (χ2n) is 5.50. The number of aliphatic imine (C=N–C) groups is 1. The van der Waals surface area contributed by atoms with Crippen LogP contribution in [0.2, 0.25) is 0 Å². The Hall–Kier alpha value is -3.41. The molecule has 0 aliphatic rings. The fourth-order valence-corrected chi connectivity index (χ4v) is 2.65. The van der Waals surface area contributed by atoms with Crippen LogP contribution in [0.5, 0.6) is 0 Å². The average Bonchev–Trinajstić information content (AvgIpc) is 2.97. The first-order valence-electron chi connectivity index (χ1n) is 7.67. The third kappa shape index (κ3) is 3.58. The van der Waals surface area contributed by atoms with Crippen LogP contribution >= 0.6 is 0 Å². The van der Waals surface area contributed by atoms with Crippen molar-refractivity contribution >= 4 is 34.7 Å². The van der Waals surface area contributed by atoms with Gasteiger partial charge in [-0.15, -0.1) is 0 Å². The standard InChI is InChI=1S/C19H17N3O3/c1-25-19(24)13-5-4-6-15(9-13)21-10-14-11-22(12-18(20)23)17-8-3-2-7-16(14)17/h2-11H,12H2,1H3,(H2,20,23). The first-order valence-corrected chi connectivity index (χ1v) is 7.67. The molecule has 0 bridgehead atoms. The van der Waals surface area contributed by atoms with Crippen LogP contribution in [0.4, 0.5) is 5.69 Å². The number of aromatic nitrogens is 1. The Morgan fingerprint density at radius 1 is 1.20 bits per heavy atom. The minimum Gasteiger partial charge on any atom is -0.465 e. The summed E-state index contributed by atoms with van der Waals surface area (Å²) in [5.74, 6) is -0.815. The highest BCUT2D eigenvalue weighted by Crippen LogP contribution is 2.21. The van der Waals surface area contributed by atoms with Gasteiger partial charge in [-0.05, 0) is 24.3 Å². The number of nitrogens with zero attached hydrogens (tertiary/aromatic N) is 2. The first-order chi connectivity index (χ1) is 12.1. The summed E-state index contributed by atoms with van der Waals surface area (Å²) in [7, 11) is 1.34. The fourth-order valence-electron chi connectivity index (χ4n) is 2.65. The number of primary amides is 1. The van der Waals surface area contributed by atoms with Gasteiger partial charge in [-0.1, -0.05) is 24.3 Å². The largest absolute Gasteiger partial charge is 0.465 e. The Balaban J connectivity index is 1.96. The highest BCUT2D eigenvalue weighted by atomic mass is 16.5. The zero-order chi connectivity index (χ0) is 17.8. The molecule has 1 heterocycles. The summed E-state index contributed by atoms with van der Waals surface area (Å²) < 4.78 is 6.51. The number of carbonyl (C=O) groups excluding carboxylic acids is 2. The monoisotopic (exact) mass is 335 g/mol. The molecule has 3 aromatic rings. The number of hydrogen-bond donors (Lipinski definition) is 1. The predicted molar refractivity (Wildman–Crippen MR) is 96.2 cm³/mol. The van der Waals surface area contributed by atoms with E-state index in [-0.39, 0.29) is 6.54 Å². The van der Waals surface area contributed by atoms with E-state index < -0.39 is 11.9 Å². The summed E-state index contributed by atoms with van der Waals surface area (Å²) in [5, 5.41) is 0.969. The lowest BCUT2D eigenvalue weighted by atomic mass is 10.2. The lowest BCUT2D eigenvalue weighted by molar-refractivity contribution is -0.118. The molecule has 0 saturated heterocycles. The first kappa shape index (κ1) is 16.4. The van der Waals surface area contributed by atoms with Crippen LogP contribution in [0.1, 0.15) is 15.9 Å². The molecule has 6 nitrogen and oxygen atoms in total. The number of para-hydroxylation sites is 1. The van der Waals surface area contributed by atoms with Gasteiger partial charge < -0.3 is 15.0 Å². The minimum absolute atomic E-state index is 0.103. The topological polar surface area (TPSA) is 86.7 Å². The quantitative estimate of drug-likeness (QED) is 0.574. The molecule has 0 fully saturated rings. The lowest BCUT2D eigenvalue weighted by Crippen LogP contribution is -2.17. The Morgan fingerprint density at radius 3 is 2.76 bits per heavy atom. The highest BCUT2D eigenvalue weighted by molar-refractivity contribution is 6.00. The van der Waals surface area contributed by atoms with Crippen LogP contribution in [0.25, 0.3) is 10.9 Å². The summed E-state index contributed by atoms with van der Waals surface area (Å²) >= 11 is 0. The van der Waals surface area contributed by atoms with Crippen molar-refractivity contribution < 1.29 is 14.3 Å². The van der Waals surface area contributed by atoms with E-state index in [9.17, 15) is 9.59 Å². The van der Waals surface area contributed by atoms with Crippen molar-refractivity contribution in [3.05, 3.63) is 65.9 Å². The number of fused-ring (bicyclic) bond motifs is 1. The second kappa shape index (κ2) is 7.00. The van der Waals surface area contributed by atoms with Crippen LogP contribution in [0.15, 0.2) is 59.7 Å². The molecule has 3 rings (SSSR count). The number of ether oxygens (including phenoxy) is 1. The molecule has 0 atom stereocenters. The molecule has 0 unspecified atom stereocenters. The molecule has 126 valence electrons. The summed E-state index contributed by atoms with van der Waals surface area (Å²) in [4.78, 5) is 27.3. The number of esters is 1. The minimum atomic E-state index is -0.407. The molecule has 0 saturated carbocycles. The van der Waals surface area contributed by atoms with Gasteiger partial charge in [-0.2, -0.15) is 0 Å². The second-order valence-corrected chi connectivity index (χ2v) is 5.50. The molecule has 0 aliphatic carbocycles. The fraction of sp³-hybridized carbons (Fsp3) is 0.105. The van der Waals surface area contributed by atoms with Crippen LogP contribution in [-0.2, 0) is 16.1 Å². The van der Waals surface area contributed by atoms with Crippen LogP contribution < -0.4 is 5.73 Å². The van der Waals surface area contributed by atoms with Crippen LogP contribution in [0.3, 0.4) is 0 Å². The average molecular weight is 335 g/mol. The maximum Gasteiger partial charge on any atom is 0.337 e.